The first-order chi connectivity index (χ1) is 8.74. The highest BCUT2D eigenvalue weighted by Crippen LogP contribution is 2.31. The van der Waals surface area contributed by atoms with Gasteiger partial charge in [-0.15, -0.1) is 0 Å². The maximum atomic E-state index is 4.41. The smallest absolute Gasteiger partial charge is 0.137 e. The zero-order chi connectivity index (χ0) is 12.5. The zero-order valence-electron chi connectivity index (χ0n) is 11.0. The van der Waals surface area contributed by atoms with Crippen LogP contribution in [0.4, 0.5) is 5.82 Å². The van der Waals surface area contributed by atoms with Crippen LogP contribution in [0.1, 0.15) is 31.7 Å². The van der Waals surface area contributed by atoms with Crippen LogP contribution in [0.5, 0.6) is 0 Å². The predicted octanol–water partition coefficient (Wildman–Crippen LogP) is 3.54. The normalized spacial score (nSPS) is 17.4. The van der Waals surface area contributed by atoms with Crippen molar-refractivity contribution in [3.8, 4) is 0 Å². The van der Waals surface area contributed by atoms with E-state index in [1.54, 1.807) is 6.33 Å². The molecule has 0 bridgehead atoms. The molecule has 1 aliphatic rings. The van der Waals surface area contributed by atoms with Crippen LogP contribution in [0.25, 0.3) is 10.9 Å². The average molecular weight is 241 g/mol. The molecule has 1 unspecified atom stereocenters. The number of anilines is 1. The summed E-state index contributed by atoms with van der Waals surface area (Å²) in [7, 11) is 0. The van der Waals surface area contributed by atoms with Gasteiger partial charge in [0.05, 0.1) is 5.52 Å². The first-order valence-corrected chi connectivity index (χ1v) is 6.72. The SMILES string of the molecule is Cc1ccc2ncnc(NC(C)C3CCC3)c2c1. The molecule has 1 aromatic heterocycles. The lowest BCUT2D eigenvalue weighted by Crippen LogP contribution is -2.31. The van der Waals surface area contributed by atoms with Gasteiger partial charge in [-0.1, -0.05) is 18.1 Å². The summed E-state index contributed by atoms with van der Waals surface area (Å²) in [5.41, 5.74) is 2.26. The van der Waals surface area contributed by atoms with E-state index in [9.17, 15) is 0 Å². The van der Waals surface area contributed by atoms with Crippen LogP contribution in [0.2, 0.25) is 0 Å². The molecule has 0 aliphatic heterocycles. The Morgan fingerprint density at radius 1 is 1.28 bits per heavy atom. The van der Waals surface area contributed by atoms with Gasteiger partial charge in [0.2, 0.25) is 0 Å². The highest BCUT2D eigenvalue weighted by molar-refractivity contribution is 5.89. The lowest BCUT2D eigenvalue weighted by Gasteiger charge is -2.32. The van der Waals surface area contributed by atoms with E-state index in [1.807, 2.05) is 0 Å². The number of hydrogen-bond acceptors (Lipinski definition) is 3. The second-order valence-electron chi connectivity index (χ2n) is 5.37. The van der Waals surface area contributed by atoms with E-state index in [2.05, 4.69) is 47.3 Å². The molecule has 3 rings (SSSR count). The number of hydrogen-bond donors (Lipinski definition) is 1. The van der Waals surface area contributed by atoms with Crippen LogP contribution in [-0.4, -0.2) is 16.0 Å². The molecule has 0 spiro atoms. The fourth-order valence-corrected chi connectivity index (χ4v) is 2.56. The van der Waals surface area contributed by atoms with Gasteiger partial charge in [-0.25, -0.2) is 9.97 Å². The molecule has 18 heavy (non-hydrogen) atoms. The van der Waals surface area contributed by atoms with Gasteiger partial charge in [-0.3, -0.25) is 0 Å². The quantitative estimate of drug-likeness (QED) is 0.893. The van der Waals surface area contributed by atoms with Crippen molar-refractivity contribution in [3.63, 3.8) is 0 Å². The third-order valence-electron chi connectivity index (χ3n) is 4.01. The Labute approximate surface area is 108 Å². The van der Waals surface area contributed by atoms with Crippen LogP contribution in [0.3, 0.4) is 0 Å². The maximum Gasteiger partial charge on any atom is 0.137 e. The van der Waals surface area contributed by atoms with Crippen molar-refractivity contribution in [2.75, 3.05) is 5.32 Å². The fourth-order valence-electron chi connectivity index (χ4n) is 2.56. The molecule has 0 saturated heterocycles. The molecule has 2 aromatic rings. The van der Waals surface area contributed by atoms with Crippen molar-refractivity contribution in [1.29, 1.82) is 0 Å². The van der Waals surface area contributed by atoms with Gasteiger partial charge in [-0.2, -0.15) is 0 Å². The van der Waals surface area contributed by atoms with Crippen LogP contribution in [0, 0.1) is 12.8 Å². The molecule has 1 aromatic carbocycles. The van der Waals surface area contributed by atoms with Crippen molar-refractivity contribution in [1.82, 2.24) is 9.97 Å². The van der Waals surface area contributed by atoms with Gasteiger partial charge in [0.1, 0.15) is 12.1 Å². The lowest BCUT2D eigenvalue weighted by atomic mass is 9.80. The van der Waals surface area contributed by atoms with Crippen LogP contribution < -0.4 is 5.32 Å². The largest absolute Gasteiger partial charge is 0.367 e. The van der Waals surface area contributed by atoms with Gasteiger partial charge in [0.25, 0.3) is 0 Å². The zero-order valence-corrected chi connectivity index (χ0v) is 11.0. The number of nitrogens with zero attached hydrogens (tertiary/aromatic N) is 2. The second-order valence-corrected chi connectivity index (χ2v) is 5.37. The number of nitrogens with one attached hydrogen (secondary N) is 1. The number of aryl methyl sites for hydroxylation is 1. The predicted molar refractivity (Wildman–Crippen MR) is 74.7 cm³/mol. The van der Waals surface area contributed by atoms with E-state index in [4.69, 9.17) is 0 Å². The Hall–Kier alpha value is -1.64. The van der Waals surface area contributed by atoms with E-state index < -0.39 is 0 Å². The minimum atomic E-state index is 0.498. The summed E-state index contributed by atoms with van der Waals surface area (Å²) in [5.74, 6) is 1.78. The molecule has 1 N–H and O–H groups in total. The summed E-state index contributed by atoms with van der Waals surface area (Å²) in [6.07, 6.45) is 5.71. The first kappa shape index (κ1) is 11.5. The van der Waals surface area contributed by atoms with Gasteiger partial charge < -0.3 is 5.32 Å². The van der Waals surface area contributed by atoms with E-state index in [-0.39, 0.29) is 0 Å². The first-order valence-electron chi connectivity index (χ1n) is 6.72. The van der Waals surface area contributed by atoms with Crippen molar-refractivity contribution in [2.45, 2.75) is 39.2 Å². The second kappa shape index (κ2) is 4.56. The fraction of sp³-hybridized carbons (Fsp3) is 0.467. The van der Waals surface area contributed by atoms with E-state index in [0.29, 0.717) is 6.04 Å². The molecule has 3 nitrogen and oxygen atoms in total. The number of rotatable bonds is 3. The van der Waals surface area contributed by atoms with E-state index >= 15 is 0 Å². The Morgan fingerprint density at radius 2 is 2.11 bits per heavy atom. The molecule has 3 heteroatoms. The minimum absolute atomic E-state index is 0.498. The Morgan fingerprint density at radius 3 is 2.83 bits per heavy atom. The summed E-state index contributed by atoms with van der Waals surface area (Å²) in [6.45, 7) is 4.36. The third-order valence-corrected chi connectivity index (χ3v) is 4.01. The summed E-state index contributed by atoms with van der Waals surface area (Å²) < 4.78 is 0. The topological polar surface area (TPSA) is 37.8 Å². The molecule has 1 heterocycles. The van der Waals surface area contributed by atoms with Crippen molar-refractivity contribution in [3.05, 3.63) is 30.1 Å². The molecule has 1 atom stereocenters. The third kappa shape index (κ3) is 2.05. The lowest BCUT2D eigenvalue weighted by molar-refractivity contribution is 0.285. The summed E-state index contributed by atoms with van der Waals surface area (Å²) in [6, 6.07) is 6.81. The van der Waals surface area contributed by atoms with Crippen LogP contribution in [0.15, 0.2) is 24.5 Å². The maximum absolute atomic E-state index is 4.41. The monoisotopic (exact) mass is 241 g/mol. The van der Waals surface area contributed by atoms with E-state index in [1.165, 1.54) is 24.8 Å². The highest BCUT2D eigenvalue weighted by Gasteiger charge is 2.24. The summed E-state index contributed by atoms with van der Waals surface area (Å²) >= 11 is 0. The Bertz CT molecular complexity index is 561. The molecular weight excluding hydrogens is 222 g/mol. The van der Waals surface area contributed by atoms with Gasteiger partial charge in [-0.05, 0) is 44.7 Å². The average Bonchev–Trinajstić information content (AvgIpc) is 2.27. The number of fused-ring (bicyclic) bond motifs is 1. The van der Waals surface area contributed by atoms with Crippen molar-refractivity contribution >= 4 is 16.7 Å². The molecule has 0 amide bonds. The molecule has 94 valence electrons. The molecule has 0 radical (unpaired) electrons. The van der Waals surface area contributed by atoms with Gasteiger partial charge >= 0.3 is 0 Å². The summed E-state index contributed by atoms with van der Waals surface area (Å²) in [4.78, 5) is 8.72. The molecular formula is C15H19N3. The number of aromatic nitrogens is 2. The summed E-state index contributed by atoms with van der Waals surface area (Å²) in [5, 5.41) is 4.69. The van der Waals surface area contributed by atoms with Gasteiger partial charge in [0, 0.05) is 11.4 Å². The molecule has 1 fully saturated rings. The minimum Gasteiger partial charge on any atom is -0.367 e. The van der Waals surface area contributed by atoms with E-state index in [0.717, 1.165) is 22.6 Å². The Balaban J connectivity index is 1.92. The number of benzene rings is 1. The Kier molecular flexibility index (Phi) is 2.90. The van der Waals surface area contributed by atoms with Crippen molar-refractivity contribution < 1.29 is 0 Å². The van der Waals surface area contributed by atoms with Gasteiger partial charge in [0.15, 0.2) is 0 Å². The molecule has 1 saturated carbocycles. The van der Waals surface area contributed by atoms with Crippen LogP contribution >= 0.6 is 0 Å². The van der Waals surface area contributed by atoms with Crippen molar-refractivity contribution in [2.24, 2.45) is 5.92 Å². The van der Waals surface area contributed by atoms with Crippen LogP contribution in [-0.2, 0) is 0 Å². The molecule has 1 aliphatic carbocycles. The standard InChI is InChI=1S/C15H19N3/c1-10-6-7-14-13(8-10)15(17-9-16-14)18-11(2)12-4-3-5-12/h6-9,11-12H,3-5H2,1-2H3,(H,16,17,18). The highest BCUT2D eigenvalue weighted by atomic mass is 15.0.